The van der Waals surface area contributed by atoms with Crippen LogP contribution in [0.1, 0.15) is 11.4 Å². The quantitative estimate of drug-likeness (QED) is 0.762. The third-order valence-electron chi connectivity index (χ3n) is 3.21. The summed E-state index contributed by atoms with van der Waals surface area (Å²) < 4.78 is 1.87. The molecule has 96 valence electrons. The molecule has 4 heteroatoms. The van der Waals surface area contributed by atoms with Gasteiger partial charge in [0.1, 0.15) is 5.82 Å². The Balaban J connectivity index is 2.37. The summed E-state index contributed by atoms with van der Waals surface area (Å²) in [5.74, 6) is 0.952. The minimum absolute atomic E-state index is 0.896. The van der Waals surface area contributed by atoms with Crippen molar-refractivity contribution in [3.05, 3.63) is 47.8 Å². The Labute approximate surface area is 112 Å². The van der Waals surface area contributed by atoms with Crippen LogP contribution in [0.4, 0.5) is 5.82 Å². The van der Waals surface area contributed by atoms with Crippen LogP contribution >= 0.6 is 0 Å². The summed E-state index contributed by atoms with van der Waals surface area (Å²) in [7, 11) is 1.90. The van der Waals surface area contributed by atoms with E-state index in [2.05, 4.69) is 27.5 Å². The van der Waals surface area contributed by atoms with Gasteiger partial charge in [-0.25, -0.2) is 4.98 Å². The maximum absolute atomic E-state index is 4.64. The zero-order valence-electron chi connectivity index (χ0n) is 11.3. The van der Waals surface area contributed by atoms with Crippen LogP contribution in [-0.2, 0) is 0 Å². The Kier molecular flexibility index (Phi) is 2.71. The minimum Gasteiger partial charge on any atom is -0.373 e. The number of hydrogen-bond donors (Lipinski definition) is 1. The van der Waals surface area contributed by atoms with Crippen LogP contribution in [0.2, 0.25) is 0 Å². The van der Waals surface area contributed by atoms with Gasteiger partial charge in [0.05, 0.1) is 5.69 Å². The van der Waals surface area contributed by atoms with Crippen molar-refractivity contribution in [3.8, 4) is 11.1 Å². The van der Waals surface area contributed by atoms with E-state index < -0.39 is 0 Å². The van der Waals surface area contributed by atoms with E-state index in [4.69, 9.17) is 0 Å². The Hall–Kier alpha value is -2.36. The number of anilines is 1. The van der Waals surface area contributed by atoms with Crippen molar-refractivity contribution in [2.75, 3.05) is 12.4 Å². The second kappa shape index (κ2) is 4.39. The molecule has 0 saturated heterocycles. The summed E-state index contributed by atoms with van der Waals surface area (Å²) in [6.07, 6.45) is 0. The number of aryl methyl sites for hydroxylation is 2. The first kappa shape index (κ1) is 11.7. The first-order chi connectivity index (χ1) is 9.20. The van der Waals surface area contributed by atoms with E-state index in [-0.39, 0.29) is 0 Å². The minimum atomic E-state index is 0.896. The number of nitrogens with zero attached hydrogens (tertiary/aromatic N) is 3. The first-order valence-electron chi connectivity index (χ1n) is 6.31. The number of hydrogen-bond acceptors (Lipinski definition) is 3. The van der Waals surface area contributed by atoms with Crippen LogP contribution < -0.4 is 5.32 Å². The predicted molar refractivity (Wildman–Crippen MR) is 77.4 cm³/mol. The van der Waals surface area contributed by atoms with E-state index in [0.717, 1.165) is 34.0 Å². The van der Waals surface area contributed by atoms with Gasteiger partial charge >= 0.3 is 0 Å². The predicted octanol–water partition coefficient (Wildman–Crippen LogP) is 3.05. The lowest BCUT2D eigenvalue weighted by Crippen LogP contribution is -2.02. The highest BCUT2D eigenvalue weighted by Crippen LogP contribution is 2.28. The van der Waals surface area contributed by atoms with E-state index >= 15 is 0 Å². The molecule has 0 atom stereocenters. The lowest BCUT2D eigenvalue weighted by atomic mass is 10.1. The van der Waals surface area contributed by atoms with Crippen LogP contribution in [0, 0.1) is 13.8 Å². The molecule has 0 saturated carbocycles. The molecule has 0 aliphatic heterocycles. The fraction of sp³-hybridized carbons (Fsp3) is 0.200. The zero-order valence-corrected chi connectivity index (χ0v) is 11.3. The number of aromatic nitrogens is 3. The lowest BCUT2D eigenvalue weighted by molar-refractivity contribution is 0.914. The number of rotatable bonds is 2. The van der Waals surface area contributed by atoms with Crippen molar-refractivity contribution in [2.24, 2.45) is 0 Å². The molecule has 1 N–H and O–H groups in total. The van der Waals surface area contributed by atoms with Gasteiger partial charge in [-0.3, -0.25) is 0 Å². The molecule has 1 aromatic carbocycles. The van der Waals surface area contributed by atoms with Crippen molar-refractivity contribution in [1.82, 2.24) is 14.6 Å². The molecule has 0 spiro atoms. The molecule has 0 aliphatic rings. The molecular formula is C15H16N4. The molecule has 0 fully saturated rings. The van der Waals surface area contributed by atoms with Gasteiger partial charge in [-0.1, -0.05) is 30.3 Å². The van der Waals surface area contributed by atoms with E-state index in [1.807, 2.05) is 49.7 Å². The van der Waals surface area contributed by atoms with Gasteiger partial charge in [-0.2, -0.15) is 9.61 Å². The lowest BCUT2D eigenvalue weighted by Gasteiger charge is -2.05. The summed E-state index contributed by atoms with van der Waals surface area (Å²) in [6.45, 7) is 4.02. The Bertz CT molecular complexity index is 729. The molecule has 4 nitrogen and oxygen atoms in total. The largest absolute Gasteiger partial charge is 0.373 e. The highest BCUT2D eigenvalue weighted by molar-refractivity contribution is 5.80. The highest BCUT2D eigenvalue weighted by atomic mass is 15.3. The van der Waals surface area contributed by atoms with Crippen molar-refractivity contribution in [3.63, 3.8) is 0 Å². The van der Waals surface area contributed by atoms with Crippen molar-refractivity contribution in [1.29, 1.82) is 0 Å². The zero-order chi connectivity index (χ0) is 13.4. The van der Waals surface area contributed by atoms with Crippen LogP contribution in [0.25, 0.3) is 16.8 Å². The van der Waals surface area contributed by atoms with E-state index in [9.17, 15) is 0 Å². The topological polar surface area (TPSA) is 42.2 Å². The maximum atomic E-state index is 4.64. The van der Waals surface area contributed by atoms with E-state index in [1.54, 1.807) is 0 Å². The third-order valence-corrected chi connectivity index (χ3v) is 3.21. The summed E-state index contributed by atoms with van der Waals surface area (Å²) >= 11 is 0. The maximum Gasteiger partial charge on any atom is 0.165 e. The van der Waals surface area contributed by atoms with Crippen molar-refractivity contribution < 1.29 is 0 Å². The van der Waals surface area contributed by atoms with Crippen molar-refractivity contribution >= 4 is 11.5 Å². The third kappa shape index (κ3) is 1.85. The van der Waals surface area contributed by atoms with E-state index in [1.165, 1.54) is 0 Å². The highest BCUT2D eigenvalue weighted by Gasteiger charge is 2.14. The SMILES string of the molecule is CNc1cc(C)nc2c(-c3ccccc3)c(C)nn12. The number of fused-ring (bicyclic) bond motifs is 1. The molecule has 3 rings (SSSR count). The second-order valence-electron chi connectivity index (χ2n) is 4.59. The second-order valence-corrected chi connectivity index (χ2v) is 4.59. The number of nitrogens with one attached hydrogen (secondary N) is 1. The van der Waals surface area contributed by atoms with Gasteiger partial charge in [0.15, 0.2) is 5.65 Å². The molecule has 2 heterocycles. The van der Waals surface area contributed by atoms with E-state index in [0.29, 0.717) is 0 Å². The Morgan fingerprint density at radius 1 is 1.11 bits per heavy atom. The molecule has 0 unspecified atom stereocenters. The Morgan fingerprint density at radius 3 is 2.53 bits per heavy atom. The molecule has 0 bridgehead atoms. The van der Waals surface area contributed by atoms with Gasteiger partial charge in [0, 0.05) is 24.4 Å². The summed E-state index contributed by atoms with van der Waals surface area (Å²) in [5, 5.41) is 7.76. The Morgan fingerprint density at radius 2 is 1.84 bits per heavy atom. The van der Waals surface area contributed by atoms with Crippen LogP contribution in [0.15, 0.2) is 36.4 Å². The van der Waals surface area contributed by atoms with Crippen molar-refractivity contribution in [2.45, 2.75) is 13.8 Å². The van der Waals surface area contributed by atoms with Gasteiger partial charge in [0.2, 0.25) is 0 Å². The fourth-order valence-electron chi connectivity index (χ4n) is 2.37. The van der Waals surface area contributed by atoms with Crippen LogP contribution in [0.3, 0.4) is 0 Å². The molecule has 0 aliphatic carbocycles. The summed E-state index contributed by atoms with van der Waals surface area (Å²) in [4.78, 5) is 4.64. The molecule has 19 heavy (non-hydrogen) atoms. The van der Waals surface area contributed by atoms with Gasteiger partial charge in [-0.15, -0.1) is 0 Å². The average molecular weight is 252 g/mol. The van der Waals surface area contributed by atoms with Gasteiger partial charge < -0.3 is 5.32 Å². The van der Waals surface area contributed by atoms with Crippen LogP contribution in [0.5, 0.6) is 0 Å². The molecule has 3 aromatic rings. The number of benzene rings is 1. The standard InChI is InChI=1S/C15H16N4/c1-10-9-13(16-3)19-15(17-10)14(11(2)18-19)12-7-5-4-6-8-12/h4-9,16H,1-3H3. The molecule has 2 aromatic heterocycles. The molecule has 0 radical (unpaired) electrons. The average Bonchev–Trinajstić information content (AvgIpc) is 2.75. The van der Waals surface area contributed by atoms with Crippen LogP contribution in [-0.4, -0.2) is 21.6 Å². The summed E-state index contributed by atoms with van der Waals surface area (Å²) in [6, 6.07) is 12.3. The summed E-state index contributed by atoms with van der Waals surface area (Å²) in [5.41, 5.74) is 5.11. The first-order valence-corrected chi connectivity index (χ1v) is 6.31. The van der Waals surface area contributed by atoms with Gasteiger partial charge in [0.25, 0.3) is 0 Å². The fourth-order valence-corrected chi connectivity index (χ4v) is 2.37. The molecular weight excluding hydrogens is 236 g/mol. The smallest absolute Gasteiger partial charge is 0.165 e. The molecule has 0 amide bonds. The van der Waals surface area contributed by atoms with Gasteiger partial charge in [-0.05, 0) is 19.4 Å². The normalized spacial score (nSPS) is 10.9. The monoisotopic (exact) mass is 252 g/mol.